The molecule has 3 aromatic rings. The summed E-state index contributed by atoms with van der Waals surface area (Å²) in [5, 5.41) is 9.74. The van der Waals surface area contributed by atoms with Crippen LogP contribution in [0, 0.1) is 6.92 Å². The van der Waals surface area contributed by atoms with E-state index < -0.39 is 10.0 Å². The first kappa shape index (κ1) is 21.5. The first-order valence-electron chi connectivity index (χ1n) is 9.23. The lowest BCUT2D eigenvalue weighted by Crippen LogP contribution is -2.23. The number of carbonyl (C=O) groups is 1. The summed E-state index contributed by atoms with van der Waals surface area (Å²) >= 11 is 0. The van der Waals surface area contributed by atoms with E-state index in [9.17, 15) is 13.2 Å². The Bertz CT molecular complexity index is 1170. The topological polar surface area (TPSA) is 104 Å². The van der Waals surface area contributed by atoms with Crippen LogP contribution in [0.2, 0.25) is 0 Å². The molecule has 158 valence electrons. The first-order valence-corrected chi connectivity index (χ1v) is 10.7. The van der Waals surface area contributed by atoms with Gasteiger partial charge in [0.2, 0.25) is 10.0 Å². The van der Waals surface area contributed by atoms with Gasteiger partial charge in [-0.3, -0.25) is 9.89 Å². The van der Waals surface area contributed by atoms with Crippen LogP contribution < -0.4 is 10.1 Å². The predicted molar refractivity (Wildman–Crippen MR) is 114 cm³/mol. The number of aromatic amines is 1. The number of nitrogens with zero attached hydrogens (tertiary/aromatic N) is 2. The predicted octanol–water partition coefficient (Wildman–Crippen LogP) is 2.57. The van der Waals surface area contributed by atoms with Gasteiger partial charge in [0.15, 0.2) is 0 Å². The molecule has 0 saturated carbocycles. The lowest BCUT2D eigenvalue weighted by molar-refractivity contribution is 0.0946. The third-order valence-corrected chi connectivity index (χ3v) is 6.58. The van der Waals surface area contributed by atoms with Crippen molar-refractivity contribution in [2.24, 2.45) is 0 Å². The number of carbonyl (C=O) groups excluding carboxylic acids is 1. The monoisotopic (exact) mass is 428 g/mol. The molecule has 0 aliphatic rings. The number of benzene rings is 2. The molecule has 0 bridgehead atoms. The first-order chi connectivity index (χ1) is 14.2. The van der Waals surface area contributed by atoms with E-state index in [4.69, 9.17) is 4.74 Å². The summed E-state index contributed by atoms with van der Waals surface area (Å²) in [6, 6.07) is 14.1. The number of hydrogen-bond donors (Lipinski definition) is 2. The van der Waals surface area contributed by atoms with Crippen LogP contribution >= 0.6 is 0 Å². The number of aromatic nitrogens is 2. The molecule has 9 heteroatoms. The van der Waals surface area contributed by atoms with Gasteiger partial charge >= 0.3 is 0 Å². The second-order valence-corrected chi connectivity index (χ2v) is 9.05. The van der Waals surface area contributed by atoms with E-state index in [-0.39, 0.29) is 22.2 Å². The Labute approximate surface area is 175 Å². The highest BCUT2D eigenvalue weighted by Crippen LogP contribution is 2.30. The summed E-state index contributed by atoms with van der Waals surface area (Å²) in [7, 11) is 0.602. The molecular formula is C21H24N4O4S. The van der Waals surface area contributed by atoms with Crippen molar-refractivity contribution >= 4 is 15.9 Å². The fraction of sp³-hybridized carbons (Fsp3) is 0.238. The Balaban J connectivity index is 1.83. The number of rotatable bonds is 7. The summed E-state index contributed by atoms with van der Waals surface area (Å²) < 4.78 is 31.5. The average molecular weight is 429 g/mol. The zero-order valence-electron chi connectivity index (χ0n) is 17.3. The van der Waals surface area contributed by atoms with E-state index in [1.54, 1.807) is 18.2 Å². The molecule has 0 spiro atoms. The minimum Gasteiger partial charge on any atom is -0.495 e. The van der Waals surface area contributed by atoms with Gasteiger partial charge in [0.25, 0.3) is 5.91 Å². The number of ether oxygens (including phenoxy) is 1. The van der Waals surface area contributed by atoms with Crippen molar-refractivity contribution in [2.75, 3.05) is 21.2 Å². The lowest BCUT2D eigenvalue weighted by Gasteiger charge is -2.15. The second kappa shape index (κ2) is 8.68. The summed E-state index contributed by atoms with van der Waals surface area (Å²) in [6.07, 6.45) is 0. The van der Waals surface area contributed by atoms with Crippen molar-refractivity contribution in [2.45, 2.75) is 18.4 Å². The van der Waals surface area contributed by atoms with Gasteiger partial charge in [-0.05, 0) is 42.3 Å². The Morgan fingerprint density at radius 2 is 1.90 bits per heavy atom. The summed E-state index contributed by atoms with van der Waals surface area (Å²) in [5.41, 5.74) is 3.40. The van der Waals surface area contributed by atoms with Gasteiger partial charge in [0.05, 0.1) is 12.8 Å². The minimum absolute atomic E-state index is 0.0288. The van der Waals surface area contributed by atoms with Gasteiger partial charge in [0, 0.05) is 26.2 Å². The molecule has 1 heterocycles. The molecule has 8 nitrogen and oxygen atoms in total. The molecule has 1 amide bonds. The van der Waals surface area contributed by atoms with Gasteiger partial charge < -0.3 is 10.1 Å². The van der Waals surface area contributed by atoms with Crippen molar-refractivity contribution in [3.63, 3.8) is 0 Å². The Morgan fingerprint density at radius 1 is 1.17 bits per heavy atom. The van der Waals surface area contributed by atoms with Crippen LogP contribution in [0.1, 0.15) is 21.6 Å². The van der Waals surface area contributed by atoms with Crippen LogP contribution in [0.25, 0.3) is 11.3 Å². The van der Waals surface area contributed by atoms with Crippen molar-refractivity contribution < 1.29 is 17.9 Å². The molecule has 0 atom stereocenters. The largest absolute Gasteiger partial charge is 0.495 e. The minimum atomic E-state index is -3.71. The number of H-pyrrole nitrogens is 1. The van der Waals surface area contributed by atoms with Crippen molar-refractivity contribution in [1.29, 1.82) is 0 Å². The summed E-state index contributed by atoms with van der Waals surface area (Å²) in [5.74, 6) is -0.0640. The fourth-order valence-corrected chi connectivity index (χ4v) is 3.97. The second-order valence-electron chi connectivity index (χ2n) is 6.93. The maximum Gasteiger partial charge on any atom is 0.269 e. The quantitative estimate of drug-likeness (QED) is 0.602. The number of methoxy groups -OCH3 is 1. The zero-order valence-corrected chi connectivity index (χ0v) is 18.1. The van der Waals surface area contributed by atoms with Gasteiger partial charge in [-0.1, -0.05) is 24.3 Å². The Kier molecular flexibility index (Phi) is 6.23. The van der Waals surface area contributed by atoms with Gasteiger partial charge in [-0.15, -0.1) is 0 Å². The molecule has 0 saturated heterocycles. The fourth-order valence-electron chi connectivity index (χ4n) is 2.90. The van der Waals surface area contributed by atoms with E-state index in [1.807, 2.05) is 31.2 Å². The molecule has 0 aliphatic heterocycles. The average Bonchev–Trinajstić information content (AvgIpc) is 3.22. The molecular weight excluding hydrogens is 404 g/mol. The van der Waals surface area contributed by atoms with Crippen LogP contribution in [0.3, 0.4) is 0 Å². The van der Waals surface area contributed by atoms with Crippen molar-refractivity contribution in [3.05, 3.63) is 65.4 Å². The SMILES string of the molecule is COc1ccc(-c2cc(C(=O)NCc3ccccc3C)[nH]n2)cc1S(=O)(=O)N(C)C. The smallest absolute Gasteiger partial charge is 0.269 e. The van der Waals surface area contributed by atoms with E-state index in [1.165, 1.54) is 27.3 Å². The molecule has 0 aliphatic carbocycles. The van der Waals surface area contributed by atoms with Gasteiger partial charge in [0.1, 0.15) is 16.3 Å². The number of nitrogens with one attached hydrogen (secondary N) is 2. The maximum atomic E-state index is 12.6. The highest BCUT2D eigenvalue weighted by atomic mass is 32.2. The van der Waals surface area contributed by atoms with Gasteiger partial charge in [-0.25, -0.2) is 12.7 Å². The molecule has 3 rings (SSSR count). The summed E-state index contributed by atoms with van der Waals surface area (Å²) in [4.78, 5) is 12.5. The van der Waals surface area contributed by atoms with Crippen LogP contribution in [0.5, 0.6) is 5.75 Å². The third-order valence-electron chi connectivity index (χ3n) is 4.74. The highest BCUT2D eigenvalue weighted by molar-refractivity contribution is 7.89. The molecule has 30 heavy (non-hydrogen) atoms. The van der Waals surface area contributed by atoms with E-state index in [2.05, 4.69) is 15.5 Å². The Morgan fingerprint density at radius 3 is 2.57 bits per heavy atom. The number of hydrogen-bond acceptors (Lipinski definition) is 5. The standard InChI is InChI=1S/C21H24N4O4S/c1-14-7-5-6-8-16(14)13-22-21(26)18-12-17(23-24-18)15-9-10-19(29-4)20(11-15)30(27,28)25(2)3/h5-12H,13H2,1-4H3,(H,22,26)(H,23,24). The molecule has 0 fully saturated rings. The maximum absolute atomic E-state index is 12.6. The normalized spacial score (nSPS) is 11.5. The van der Waals surface area contributed by atoms with Crippen LogP contribution in [-0.2, 0) is 16.6 Å². The third kappa shape index (κ3) is 4.37. The number of sulfonamides is 1. The molecule has 0 radical (unpaired) electrons. The highest BCUT2D eigenvalue weighted by Gasteiger charge is 2.23. The number of aryl methyl sites for hydroxylation is 1. The Hall–Kier alpha value is -3.17. The van der Waals surface area contributed by atoms with Gasteiger partial charge in [-0.2, -0.15) is 5.10 Å². The van der Waals surface area contributed by atoms with Crippen LogP contribution in [0.15, 0.2) is 53.4 Å². The van der Waals surface area contributed by atoms with E-state index in [0.717, 1.165) is 15.4 Å². The van der Waals surface area contributed by atoms with Crippen molar-refractivity contribution in [3.8, 4) is 17.0 Å². The van der Waals surface area contributed by atoms with Crippen molar-refractivity contribution in [1.82, 2.24) is 19.8 Å². The molecule has 2 N–H and O–H groups in total. The number of amides is 1. The van der Waals surface area contributed by atoms with Crippen LogP contribution in [0.4, 0.5) is 0 Å². The molecule has 1 aromatic heterocycles. The molecule has 0 unspecified atom stereocenters. The van der Waals surface area contributed by atoms with E-state index >= 15 is 0 Å². The lowest BCUT2D eigenvalue weighted by atomic mass is 10.1. The zero-order chi connectivity index (χ0) is 21.9. The summed E-state index contributed by atoms with van der Waals surface area (Å²) in [6.45, 7) is 2.38. The van der Waals surface area contributed by atoms with Crippen LogP contribution in [-0.4, -0.2) is 50.0 Å². The molecule has 2 aromatic carbocycles. The van der Waals surface area contributed by atoms with E-state index in [0.29, 0.717) is 17.8 Å².